The van der Waals surface area contributed by atoms with Gasteiger partial charge in [0, 0.05) is 5.92 Å². The van der Waals surface area contributed by atoms with Crippen molar-refractivity contribution in [2.24, 2.45) is 76.9 Å². The maximum Gasteiger partial charge on any atom is 0.0666 e. The zero-order valence-electron chi connectivity index (χ0n) is 34.4. The fourth-order valence-corrected chi connectivity index (χ4v) is 17.5. The van der Waals surface area contributed by atoms with Gasteiger partial charge in [-0.1, -0.05) is 96.3 Å². The first kappa shape index (κ1) is 36.8. The molecule has 0 radical (unpaired) electrons. The van der Waals surface area contributed by atoms with Crippen LogP contribution in [0, 0.1) is 76.9 Å². The number of rotatable bonds is 5. The number of ether oxygens (including phenoxy) is 2. The topological polar surface area (TPSA) is 54.5 Å². The second-order valence-corrected chi connectivity index (χ2v) is 22.3. The van der Waals surface area contributed by atoms with Crippen LogP contribution in [0.4, 0.5) is 0 Å². The molecule has 0 bridgehead atoms. The van der Waals surface area contributed by atoms with Crippen molar-refractivity contribution in [2.75, 3.05) is 0 Å². The number of hydrogen-bond donors (Lipinski definition) is 3. The summed E-state index contributed by atoms with van der Waals surface area (Å²) in [5, 5.41) is 13.2. The van der Waals surface area contributed by atoms with E-state index in [0.29, 0.717) is 48.8 Å². The lowest BCUT2D eigenvalue weighted by atomic mass is 9.53. The quantitative estimate of drug-likeness (QED) is 0.262. The van der Waals surface area contributed by atoms with E-state index in [2.05, 4.69) is 16.0 Å². The van der Waals surface area contributed by atoms with Crippen LogP contribution >= 0.6 is 0 Å². The van der Waals surface area contributed by atoms with Crippen molar-refractivity contribution in [1.29, 1.82) is 0 Å². The minimum Gasteiger partial charge on any atom is -0.374 e. The molecule has 8 saturated carbocycles. The van der Waals surface area contributed by atoms with Crippen molar-refractivity contribution in [3.63, 3.8) is 0 Å². The third-order valence-electron chi connectivity index (χ3n) is 20.0. The van der Waals surface area contributed by atoms with Crippen molar-refractivity contribution >= 4 is 0 Å². The van der Waals surface area contributed by atoms with Crippen LogP contribution in [0.3, 0.4) is 0 Å². The van der Waals surface area contributed by atoms with Crippen LogP contribution in [-0.4, -0.2) is 42.9 Å². The van der Waals surface area contributed by atoms with E-state index in [0.717, 1.165) is 71.0 Å². The van der Waals surface area contributed by atoms with Crippen molar-refractivity contribution in [3.8, 4) is 0 Å². The van der Waals surface area contributed by atoms with Gasteiger partial charge in [0.2, 0.25) is 0 Å². The molecule has 3 heterocycles. The van der Waals surface area contributed by atoms with Gasteiger partial charge >= 0.3 is 0 Å². The molecule has 3 saturated heterocycles. The van der Waals surface area contributed by atoms with E-state index in [4.69, 9.17) is 9.47 Å². The molecule has 3 aliphatic heterocycles. The molecule has 5 nitrogen and oxygen atoms in total. The van der Waals surface area contributed by atoms with E-state index in [1.165, 1.54) is 186 Å². The Morgan fingerprint density at radius 1 is 0.278 bits per heavy atom. The average molecular weight is 744 g/mol. The first-order valence-electron chi connectivity index (χ1n) is 25.3. The van der Waals surface area contributed by atoms with Crippen LogP contribution in [0.5, 0.6) is 0 Å². The Bertz CT molecular complexity index is 1240. The highest BCUT2D eigenvalue weighted by Crippen LogP contribution is 2.60. The lowest BCUT2D eigenvalue weighted by molar-refractivity contribution is -0.0668. The summed E-state index contributed by atoms with van der Waals surface area (Å²) in [6.07, 6.45) is 45.6. The van der Waals surface area contributed by atoms with Gasteiger partial charge in [-0.25, -0.2) is 0 Å². The third-order valence-corrected chi connectivity index (χ3v) is 20.0. The van der Waals surface area contributed by atoms with Gasteiger partial charge < -0.3 is 9.47 Å². The van der Waals surface area contributed by atoms with Crippen molar-refractivity contribution in [3.05, 3.63) is 0 Å². The lowest BCUT2D eigenvalue weighted by Gasteiger charge is -2.53. The van der Waals surface area contributed by atoms with Gasteiger partial charge in [-0.3, -0.25) is 16.0 Å². The van der Waals surface area contributed by atoms with Gasteiger partial charge in [-0.15, -0.1) is 0 Å². The zero-order chi connectivity index (χ0) is 35.6. The van der Waals surface area contributed by atoms with Crippen LogP contribution < -0.4 is 16.0 Å². The Morgan fingerprint density at radius 3 is 1.63 bits per heavy atom. The Morgan fingerprint density at radius 2 is 0.833 bits per heavy atom. The Balaban J connectivity index is 0.821. The SMILES string of the molecule is C1CCC(C2CCC(C3NC(C4CCC5OC6CC(C7CCCCC7)C7CCCCC7C6C5C4)NC(C4CCCC5C6CCCCC6OC45)N3)CC2)CC1. The molecule has 8 aliphatic carbocycles. The minimum atomic E-state index is 0.393. The summed E-state index contributed by atoms with van der Waals surface area (Å²) < 4.78 is 14.5. The number of fused-ring (bicyclic) bond motifs is 8. The van der Waals surface area contributed by atoms with Gasteiger partial charge in [-0.05, 0) is 161 Å². The van der Waals surface area contributed by atoms with Gasteiger partial charge in [0.1, 0.15) is 0 Å². The Hall–Kier alpha value is -0.200. The van der Waals surface area contributed by atoms with E-state index >= 15 is 0 Å². The molecule has 0 spiro atoms. The van der Waals surface area contributed by atoms with E-state index in [-0.39, 0.29) is 0 Å². The first-order chi connectivity index (χ1) is 26.7. The zero-order valence-corrected chi connectivity index (χ0v) is 34.4. The van der Waals surface area contributed by atoms with E-state index in [9.17, 15) is 0 Å². The first-order valence-corrected chi connectivity index (χ1v) is 25.3. The predicted octanol–water partition coefficient (Wildman–Crippen LogP) is 10.7. The van der Waals surface area contributed by atoms with Crippen molar-refractivity contribution in [1.82, 2.24) is 16.0 Å². The lowest BCUT2D eigenvalue weighted by Crippen LogP contribution is -2.73. The van der Waals surface area contributed by atoms with E-state index < -0.39 is 0 Å². The summed E-state index contributed by atoms with van der Waals surface area (Å²) in [6, 6.07) is 0. The van der Waals surface area contributed by atoms with Crippen LogP contribution in [0.25, 0.3) is 0 Å². The maximum atomic E-state index is 7.29. The molecule has 0 amide bonds. The average Bonchev–Trinajstić information content (AvgIpc) is 3.82. The summed E-state index contributed by atoms with van der Waals surface area (Å²) in [4.78, 5) is 0. The van der Waals surface area contributed by atoms with Gasteiger partial charge in [-0.2, -0.15) is 0 Å². The molecule has 0 aromatic heterocycles. The smallest absolute Gasteiger partial charge is 0.0666 e. The second-order valence-electron chi connectivity index (χ2n) is 22.3. The highest BCUT2D eigenvalue weighted by molar-refractivity contribution is 5.08. The molecule has 0 aromatic carbocycles. The molecular formula is C49H81N3O2. The summed E-state index contributed by atoms with van der Waals surface area (Å²) in [7, 11) is 0. The Kier molecular flexibility index (Phi) is 11.0. The third kappa shape index (κ3) is 6.94. The molecule has 16 atom stereocenters. The summed E-state index contributed by atoms with van der Waals surface area (Å²) in [5.74, 6) is 11.4. The molecule has 11 rings (SSSR count). The maximum absolute atomic E-state index is 7.29. The molecule has 11 aliphatic rings. The molecule has 16 unspecified atom stereocenters. The molecule has 304 valence electrons. The molecule has 0 aromatic rings. The summed E-state index contributed by atoms with van der Waals surface area (Å²) >= 11 is 0. The second kappa shape index (κ2) is 16.1. The van der Waals surface area contributed by atoms with Crippen LogP contribution in [0.2, 0.25) is 0 Å². The molecule has 3 N–H and O–H groups in total. The molecular weight excluding hydrogens is 663 g/mol. The normalized spacial score (nSPS) is 53.1. The summed E-state index contributed by atoms with van der Waals surface area (Å²) in [5.41, 5.74) is 0. The fourth-order valence-electron chi connectivity index (χ4n) is 17.5. The molecule has 54 heavy (non-hydrogen) atoms. The van der Waals surface area contributed by atoms with Crippen LogP contribution in [0.1, 0.15) is 186 Å². The largest absolute Gasteiger partial charge is 0.374 e. The van der Waals surface area contributed by atoms with Crippen LogP contribution in [-0.2, 0) is 9.47 Å². The van der Waals surface area contributed by atoms with Gasteiger partial charge in [0.15, 0.2) is 0 Å². The predicted molar refractivity (Wildman–Crippen MR) is 217 cm³/mol. The van der Waals surface area contributed by atoms with E-state index in [1.807, 2.05) is 0 Å². The Labute approximate surface area is 330 Å². The highest BCUT2D eigenvalue weighted by Gasteiger charge is 2.58. The summed E-state index contributed by atoms with van der Waals surface area (Å²) in [6.45, 7) is 0. The van der Waals surface area contributed by atoms with Crippen molar-refractivity contribution < 1.29 is 9.47 Å². The molecule has 5 heteroatoms. The van der Waals surface area contributed by atoms with Gasteiger partial charge in [0.25, 0.3) is 0 Å². The minimum absolute atomic E-state index is 0.393. The highest BCUT2D eigenvalue weighted by atomic mass is 16.5. The molecule has 11 fully saturated rings. The monoisotopic (exact) mass is 744 g/mol. The standard InChI is InChI=1S/C49H81N3O2/c1-3-12-30(13-4-1)31-22-24-33(25-23-31)47-50-48(52-49(51-47)39-20-11-19-38-36-17-9-10-21-42(36)54-46(38)39)34-26-27-43-41(28-34)45-37-18-8-7-16-35(37)40(29-44(45)53-43)32-14-5-2-6-15-32/h30-52H,1-29H2. The number of hydrogen-bond acceptors (Lipinski definition) is 5. The fraction of sp³-hybridized carbons (Fsp3) is 1.00. The number of nitrogens with one attached hydrogen (secondary N) is 3. The van der Waals surface area contributed by atoms with E-state index in [1.54, 1.807) is 0 Å². The van der Waals surface area contributed by atoms with Crippen LogP contribution in [0.15, 0.2) is 0 Å². The van der Waals surface area contributed by atoms with Gasteiger partial charge in [0.05, 0.1) is 42.9 Å². The van der Waals surface area contributed by atoms with Crippen molar-refractivity contribution in [2.45, 2.75) is 229 Å².